The molecule has 0 spiro atoms. The molecule has 0 saturated carbocycles. The molecule has 0 aliphatic rings. The van der Waals surface area contributed by atoms with Gasteiger partial charge in [-0.15, -0.1) is 0 Å². The minimum atomic E-state index is 1.09. The van der Waals surface area contributed by atoms with E-state index in [4.69, 9.17) is 0 Å². The largest absolute Gasteiger partial charge is 0.0613 e. The van der Waals surface area contributed by atoms with Crippen molar-refractivity contribution in [2.24, 2.45) is 0 Å². The first-order valence-electron chi connectivity index (χ1n) is 7.94. The van der Waals surface area contributed by atoms with E-state index in [2.05, 4.69) is 87.5 Å². The van der Waals surface area contributed by atoms with Crippen LogP contribution in [0.5, 0.6) is 0 Å². The van der Waals surface area contributed by atoms with E-state index in [1.807, 2.05) is 0 Å². The molecule has 3 aromatic rings. The van der Waals surface area contributed by atoms with E-state index in [9.17, 15) is 0 Å². The van der Waals surface area contributed by atoms with E-state index in [1.165, 1.54) is 38.9 Å². The van der Waals surface area contributed by atoms with E-state index in [0.717, 1.165) is 6.42 Å². The zero-order valence-electron chi connectivity index (χ0n) is 13.6. The van der Waals surface area contributed by atoms with Crippen LogP contribution in [0, 0.1) is 13.8 Å². The molecule has 0 nitrogen and oxygen atoms in total. The fourth-order valence-corrected chi connectivity index (χ4v) is 2.94. The zero-order valence-corrected chi connectivity index (χ0v) is 13.6. The lowest BCUT2D eigenvalue weighted by molar-refractivity contribution is 1.14. The highest BCUT2D eigenvalue weighted by atomic mass is 14.1. The number of benzene rings is 3. The average molecular weight is 286 g/mol. The first-order chi connectivity index (χ1) is 10.7. The second-order valence-corrected chi connectivity index (χ2v) is 5.95. The molecule has 0 radical (unpaired) electrons. The van der Waals surface area contributed by atoms with Gasteiger partial charge in [0.15, 0.2) is 0 Å². The molecule has 0 heterocycles. The Hall–Kier alpha value is -2.34. The first-order valence-corrected chi connectivity index (χ1v) is 7.94. The predicted octanol–water partition coefficient (Wildman–Crippen LogP) is 6.20. The highest BCUT2D eigenvalue weighted by Gasteiger charge is 2.04. The van der Waals surface area contributed by atoms with Crippen LogP contribution in [0.25, 0.3) is 22.3 Å². The van der Waals surface area contributed by atoms with Gasteiger partial charge in [-0.2, -0.15) is 0 Å². The molecular formula is C22H22. The predicted molar refractivity (Wildman–Crippen MR) is 96.2 cm³/mol. The van der Waals surface area contributed by atoms with Gasteiger partial charge < -0.3 is 0 Å². The van der Waals surface area contributed by atoms with Crippen LogP contribution in [0.4, 0.5) is 0 Å². The molecule has 0 aliphatic carbocycles. The molecule has 0 bridgehead atoms. The summed E-state index contributed by atoms with van der Waals surface area (Å²) in [5.74, 6) is 0. The maximum atomic E-state index is 2.29. The van der Waals surface area contributed by atoms with Crippen LogP contribution in [-0.2, 0) is 6.42 Å². The molecular weight excluding hydrogens is 264 g/mol. The van der Waals surface area contributed by atoms with Crippen LogP contribution < -0.4 is 0 Å². The Morgan fingerprint density at radius 2 is 1.41 bits per heavy atom. The van der Waals surface area contributed by atoms with Gasteiger partial charge in [0, 0.05) is 0 Å². The van der Waals surface area contributed by atoms with Crippen molar-refractivity contribution in [2.45, 2.75) is 27.2 Å². The molecule has 0 N–H and O–H groups in total. The van der Waals surface area contributed by atoms with Gasteiger partial charge in [-0.05, 0) is 59.7 Å². The summed E-state index contributed by atoms with van der Waals surface area (Å²) in [6.45, 7) is 6.52. The highest BCUT2D eigenvalue weighted by molar-refractivity contribution is 5.74. The third-order valence-electron chi connectivity index (χ3n) is 4.25. The molecule has 0 atom stereocenters. The number of aryl methyl sites for hydroxylation is 3. The molecule has 0 aromatic heterocycles. The smallest absolute Gasteiger partial charge is 0.0154 e. The van der Waals surface area contributed by atoms with Gasteiger partial charge in [0.05, 0.1) is 0 Å². The maximum absolute atomic E-state index is 2.29. The summed E-state index contributed by atoms with van der Waals surface area (Å²) in [4.78, 5) is 0. The van der Waals surface area contributed by atoms with Crippen molar-refractivity contribution in [1.82, 2.24) is 0 Å². The Kier molecular flexibility index (Phi) is 4.11. The van der Waals surface area contributed by atoms with Crippen LogP contribution in [0.15, 0.2) is 66.7 Å². The maximum Gasteiger partial charge on any atom is -0.0154 e. The molecule has 0 unspecified atom stereocenters. The van der Waals surface area contributed by atoms with Crippen molar-refractivity contribution in [3.8, 4) is 22.3 Å². The lowest BCUT2D eigenvalue weighted by atomic mass is 9.95. The second kappa shape index (κ2) is 6.19. The number of rotatable bonds is 3. The molecule has 3 aromatic carbocycles. The van der Waals surface area contributed by atoms with Gasteiger partial charge in [0.25, 0.3) is 0 Å². The van der Waals surface area contributed by atoms with E-state index in [0.29, 0.717) is 0 Å². The molecule has 0 amide bonds. The third-order valence-corrected chi connectivity index (χ3v) is 4.25. The Labute approximate surface area is 133 Å². The van der Waals surface area contributed by atoms with E-state index in [1.54, 1.807) is 0 Å². The monoisotopic (exact) mass is 286 g/mol. The van der Waals surface area contributed by atoms with Crippen molar-refractivity contribution >= 4 is 0 Å². The molecule has 0 aliphatic heterocycles. The summed E-state index contributed by atoms with van der Waals surface area (Å²) in [7, 11) is 0. The average Bonchev–Trinajstić information content (AvgIpc) is 2.55. The van der Waals surface area contributed by atoms with Gasteiger partial charge in [0.1, 0.15) is 0 Å². The van der Waals surface area contributed by atoms with Crippen LogP contribution in [0.2, 0.25) is 0 Å². The van der Waals surface area contributed by atoms with Gasteiger partial charge in [-0.1, -0.05) is 73.2 Å². The summed E-state index contributed by atoms with van der Waals surface area (Å²) in [5, 5.41) is 0. The second-order valence-electron chi connectivity index (χ2n) is 5.95. The number of hydrogen-bond donors (Lipinski definition) is 0. The van der Waals surface area contributed by atoms with Crippen LogP contribution >= 0.6 is 0 Å². The van der Waals surface area contributed by atoms with Crippen LogP contribution in [0.1, 0.15) is 23.6 Å². The summed E-state index contributed by atoms with van der Waals surface area (Å²) >= 11 is 0. The topological polar surface area (TPSA) is 0 Å². The summed E-state index contributed by atoms with van der Waals surface area (Å²) in [5.41, 5.74) is 9.19. The Bertz CT molecular complexity index is 779. The Morgan fingerprint density at radius 3 is 2.09 bits per heavy atom. The fraction of sp³-hybridized carbons (Fsp3) is 0.182. The minimum absolute atomic E-state index is 1.09. The molecule has 0 saturated heterocycles. The normalized spacial score (nSPS) is 10.7. The van der Waals surface area contributed by atoms with E-state index < -0.39 is 0 Å². The fourth-order valence-electron chi connectivity index (χ4n) is 2.94. The molecule has 22 heavy (non-hydrogen) atoms. The van der Waals surface area contributed by atoms with Crippen molar-refractivity contribution < 1.29 is 0 Å². The Morgan fingerprint density at radius 1 is 0.682 bits per heavy atom. The molecule has 0 fully saturated rings. The zero-order chi connectivity index (χ0) is 15.5. The Balaban J connectivity index is 2.01. The quantitative estimate of drug-likeness (QED) is 0.537. The summed E-state index contributed by atoms with van der Waals surface area (Å²) < 4.78 is 0. The van der Waals surface area contributed by atoms with Gasteiger partial charge in [-0.3, -0.25) is 0 Å². The van der Waals surface area contributed by atoms with Crippen molar-refractivity contribution in [1.29, 1.82) is 0 Å². The van der Waals surface area contributed by atoms with E-state index in [-0.39, 0.29) is 0 Å². The van der Waals surface area contributed by atoms with Gasteiger partial charge >= 0.3 is 0 Å². The first kappa shape index (κ1) is 14.6. The SMILES string of the molecule is CCc1ccc(-c2cccc(-c3ccc(C)cc3C)c2)cc1. The van der Waals surface area contributed by atoms with E-state index >= 15 is 0 Å². The lowest BCUT2D eigenvalue weighted by Crippen LogP contribution is -1.86. The summed E-state index contributed by atoms with van der Waals surface area (Å²) in [6, 6.07) is 24.4. The third kappa shape index (κ3) is 2.96. The van der Waals surface area contributed by atoms with Crippen molar-refractivity contribution in [2.75, 3.05) is 0 Å². The lowest BCUT2D eigenvalue weighted by Gasteiger charge is -2.10. The van der Waals surface area contributed by atoms with Crippen LogP contribution in [0.3, 0.4) is 0 Å². The minimum Gasteiger partial charge on any atom is -0.0613 e. The van der Waals surface area contributed by atoms with Crippen LogP contribution in [-0.4, -0.2) is 0 Å². The van der Waals surface area contributed by atoms with Crippen molar-refractivity contribution in [3.05, 3.63) is 83.4 Å². The molecule has 0 heteroatoms. The highest BCUT2D eigenvalue weighted by Crippen LogP contribution is 2.29. The van der Waals surface area contributed by atoms with Crippen molar-refractivity contribution in [3.63, 3.8) is 0 Å². The van der Waals surface area contributed by atoms with Gasteiger partial charge in [0.2, 0.25) is 0 Å². The number of hydrogen-bond acceptors (Lipinski definition) is 0. The van der Waals surface area contributed by atoms with Gasteiger partial charge in [-0.25, -0.2) is 0 Å². The summed E-state index contributed by atoms with van der Waals surface area (Å²) in [6.07, 6.45) is 1.09. The molecule has 110 valence electrons. The molecule has 3 rings (SSSR count). The standard InChI is InChI=1S/C22H22/c1-4-18-9-11-19(12-10-18)20-6-5-7-21(15-20)22-13-8-16(2)14-17(22)3/h5-15H,4H2,1-3H3.